The summed E-state index contributed by atoms with van der Waals surface area (Å²) in [6, 6.07) is 7.51. The fraction of sp³-hybridized carbons (Fsp3) is 0.143. The van der Waals surface area contributed by atoms with Crippen molar-refractivity contribution in [2.75, 3.05) is 5.32 Å². The highest BCUT2D eigenvalue weighted by Gasteiger charge is 2.12. The summed E-state index contributed by atoms with van der Waals surface area (Å²) in [5.74, 6) is -0.274. The molecular formula is C14H12BrClN2O. The van der Waals surface area contributed by atoms with Gasteiger partial charge in [-0.3, -0.25) is 4.79 Å². The summed E-state index contributed by atoms with van der Waals surface area (Å²) in [5, 5.41) is 3.01. The van der Waals surface area contributed by atoms with Crippen molar-refractivity contribution in [1.82, 2.24) is 4.98 Å². The number of carbonyl (C=O) groups excluding carboxylic acids is 1. The smallest absolute Gasteiger partial charge is 0.258 e. The van der Waals surface area contributed by atoms with Gasteiger partial charge >= 0.3 is 0 Å². The van der Waals surface area contributed by atoms with Gasteiger partial charge in [-0.15, -0.1) is 0 Å². The van der Waals surface area contributed by atoms with E-state index in [9.17, 15) is 4.79 Å². The van der Waals surface area contributed by atoms with Crippen LogP contribution in [0.5, 0.6) is 0 Å². The minimum Gasteiger partial charge on any atom is -0.322 e. The summed E-state index contributed by atoms with van der Waals surface area (Å²) < 4.78 is 0.711. The third-order valence-corrected chi connectivity index (χ3v) is 3.26. The molecule has 0 atom stereocenters. The van der Waals surface area contributed by atoms with Crippen LogP contribution in [0.15, 0.2) is 34.9 Å². The highest BCUT2D eigenvalue weighted by Crippen LogP contribution is 2.20. The number of carbonyl (C=O) groups is 1. The van der Waals surface area contributed by atoms with Crippen molar-refractivity contribution in [3.63, 3.8) is 0 Å². The van der Waals surface area contributed by atoms with Gasteiger partial charge in [0.2, 0.25) is 0 Å². The number of rotatable bonds is 2. The fourth-order valence-electron chi connectivity index (χ4n) is 1.83. The zero-order valence-corrected chi connectivity index (χ0v) is 12.8. The van der Waals surface area contributed by atoms with Crippen molar-refractivity contribution in [3.05, 3.63) is 56.8 Å². The molecule has 1 aromatic carbocycles. The Balaban J connectivity index is 2.28. The van der Waals surface area contributed by atoms with E-state index in [0.717, 1.165) is 16.8 Å². The Kier molecular flexibility index (Phi) is 4.22. The molecule has 0 aliphatic rings. The van der Waals surface area contributed by atoms with Crippen LogP contribution in [-0.4, -0.2) is 10.9 Å². The molecule has 0 saturated carbocycles. The lowest BCUT2D eigenvalue weighted by Gasteiger charge is -2.08. The molecule has 1 amide bonds. The summed E-state index contributed by atoms with van der Waals surface area (Å²) in [7, 11) is 0. The van der Waals surface area contributed by atoms with Crippen LogP contribution in [0.2, 0.25) is 5.15 Å². The second-order valence-corrected chi connectivity index (χ2v) is 5.60. The molecule has 1 aromatic heterocycles. The van der Waals surface area contributed by atoms with Crippen molar-refractivity contribution >= 4 is 39.1 Å². The van der Waals surface area contributed by atoms with E-state index in [2.05, 4.69) is 26.2 Å². The van der Waals surface area contributed by atoms with Gasteiger partial charge in [-0.25, -0.2) is 4.98 Å². The maximum Gasteiger partial charge on any atom is 0.258 e. The predicted molar refractivity (Wildman–Crippen MR) is 80.8 cm³/mol. The molecule has 1 heterocycles. The van der Waals surface area contributed by atoms with Gasteiger partial charge in [0.15, 0.2) is 0 Å². The highest BCUT2D eigenvalue weighted by atomic mass is 79.9. The minimum absolute atomic E-state index is 0.185. The van der Waals surface area contributed by atoms with E-state index >= 15 is 0 Å². The summed E-state index contributed by atoms with van der Waals surface area (Å²) >= 11 is 9.20. The van der Waals surface area contributed by atoms with Crippen molar-refractivity contribution in [2.45, 2.75) is 13.8 Å². The molecule has 2 rings (SSSR count). The normalized spacial score (nSPS) is 10.3. The van der Waals surface area contributed by atoms with Crippen LogP contribution in [0, 0.1) is 13.8 Å². The monoisotopic (exact) mass is 338 g/mol. The second kappa shape index (κ2) is 5.72. The van der Waals surface area contributed by atoms with E-state index in [1.165, 1.54) is 0 Å². The van der Waals surface area contributed by atoms with Crippen molar-refractivity contribution in [1.29, 1.82) is 0 Å². The van der Waals surface area contributed by atoms with E-state index in [1.807, 2.05) is 32.0 Å². The number of aryl methyl sites for hydroxylation is 2. The molecule has 98 valence electrons. The van der Waals surface area contributed by atoms with Gasteiger partial charge in [-0.05, 0) is 59.1 Å². The molecule has 19 heavy (non-hydrogen) atoms. The van der Waals surface area contributed by atoms with Crippen molar-refractivity contribution in [2.24, 2.45) is 0 Å². The van der Waals surface area contributed by atoms with E-state index in [1.54, 1.807) is 12.3 Å². The first kappa shape index (κ1) is 14.0. The molecule has 0 fully saturated rings. The van der Waals surface area contributed by atoms with Crippen molar-refractivity contribution in [3.8, 4) is 0 Å². The zero-order valence-electron chi connectivity index (χ0n) is 10.5. The van der Waals surface area contributed by atoms with Crippen LogP contribution >= 0.6 is 27.5 Å². The molecule has 2 aromatic rings. The topological polar surface area (TPSA) is 42.0 Å². The lowest BCUT2D eigenvalue weighted by molar-refractivity contribution is 0.102. The number of halogens is 2. The van der Waals surface area contributed by atoms with Crippen LogP contribution in [0.25, 0.3) is 0 Å². The first-order valence-corrected chi connectivity index (χ1v) is 6.83. The molecule has 0 saturated heterocycles. The Hall–Kier alpha value is -1.39. The van der Waals surface area contributed by atoms with Gasteiger partial charge in [0.1, 0.15) is 5.15 Å². The third-order valence-electron chi connectivity index (χ3n) is 2.53. The summed E-state index contributed by atoms with van der Waals surface area (Å²) in [6.07, 6.45) is 1.55. The average Bonchev–Trinajstić information content (AvgIpc) is 2.30. The zero-order chi connectivity index (χ0) is 14.0. The number of nitrogens with zero attached hydrogens (tertiary/aromatic N) is 1. The Labute approximate surface area is 125 Å². The lowest BCUT2D eigenvalue weighted by atomic mass is 10.1. The molecule has 5 heteroatoms. The number of amides is 1. The molecule has 0 aliphatic heterocycles. The van der Waals surface area contributed by atoms with E-state index < -0.39 is 0 Å². The third kappa shape index (κ3) is 3.55. The Morgan fingerprint density at radius 2 is 1.84 bits per heavy atom. The van der Waals surface area contributed by atoms with Gasteiger partial charge in [0.05, 0.1) is 5.56 Å². The molecule has 0 spiro atoms. The van der Waals surface area contributed by atoms with E-state index in [-0.39, 0.29) is 11.1 Å². The van der Waals surface area contributed by atoms with Crippen LogP contribution in [-0.2, 0) is 0 Å². The van der Waals surface area contributed by atoms with Gasteiger partial charge in [-0.1, -0.05) is 17.7 Å². The first-order chi connectivity index (χ1) is 8.95. The summed E-state index contributed by atoms with van der Waals surface area (Å²) in [4.78, 5) is 16.1. The molecule has 0 unspecified atom stereocenters. The average molecular weight is 340 g/mol. The van der Waals surface area contributed by atoms with Crippen LogP contribution in [0.4, 0.5) is 5.69 Å². The van der Waals surface area contributed by atoms with E-state index in [4.69, 9.17) is 11.6 Å². The first-order valence-electron chi connectivity index (χ1n) is 5.66. The van der Waals surface area contributed by atoms with Crippen LogP contribution < -0.4 is 5.32 Å². The number of aromatic nitrogens is 1. The van der Waals surface area contributed by atoms with Crippen LogP contribution in [0.3, 0.4) is 0 Å². The van der Waals surface area contributed by atoms with E-state index in [0.29, 0.717) is 10.0 Å². The SMILES string of the molecule is Cc1cc(C)cc(NC(=O)c2cc(Br)cnc2Cl)c1. The lowest BCUT2D eigenvalue weighted by Crippen LogP contribution is -2.13. The van der Waals surface area contributed by atoms with Gasteiger partial charge in [-0.2, -0.15) is 0 Å². The van der Waals surface area contributed by atoms with Crippen LogP contribution in [0.1, 0.15) is 21.5 Å². The molecule has 3 nitrogen and oxygen atoms in total. The number of pyridine rings is 1. The molecule has 0 radical (unpaired) electrons. The van der Waals surface area contributed by atoms with Gasteiger partial charge in [0.25, 0.3) is 5.91 Å². The number of hydrogen-bond acceptors (Lipinski definition) is 2. The largest absolute Gasteiger partial charge is 0.322 e. The molecular weight excluding hydrogens is 328 g/mol. The highest BCUT2D eigenvalue weighted by molar-refractivity contribution is 9.10. The number of nitrogens with one attached hydrogen (secondary N) is 1. The van der Waals surface area contributed by atoms with Gasteiger partial charge in [0, 0.05) is 16.4 Å². The number of hydrogen-bond donors (Lipinski definition) is 1. The maximum absolute atomic E-state index is 12.2. The molecule has 0 aliphatic carbocycles. The molecule has 1 N–H and O–H groups in total. The van der Waals surface area contributed by atoms with Gasteiger partial charge < -0.3 is 5.32 Å². The van der Waals surface area contributed by atoms with Crippen molar-refractivity contribution < 1.29 is 4.79 Å². The minimum atomic E-state index is -0.274. The predicted octanol–water partition coefficient (Wildman–Crippen LogP) is 4.37. The Bertz CT molecular complexity index is 623. The number of anilines is 1. The Morgan fingerprint density at radius 3 is 2.47 bits per heavy atom. The fourth-order valence-corrected chi connectivity index (χ4v) is 2.35. The quantitative estimate of drug-likeness (QED) is 0.826. The number of benzene rings is 1. The maximum atomic E-state index is 12.2. The second-order valence-electron chi connectivity index (χ2n) is 4.32. The standard InChI is InChI=1S/C14H12BrClN2O/c1-8-3-9(2)5-11(4-8)18-14(19)12-6-10(15)7-17-13(12)16/h3-7H,1-2H3,(H,18,19). The Morgan fingerprint density at radius 1 is 1.21 bits per heavy atom. The molecule has 0 bridgehead atoms. The summed E-state index contributed by atoms with van der Waals surface area (Å²) in [6.45, 7) is 3.96. The summed E-state index contributed by atoms with van der Waals surface area (Å²) in [5.41, 5.74) is 3.27.